The van der Waals surface area contributed by atoms with E-state index in [2.05, 4.69) is 27.6 Å². The van der Waals surface area contributed by atoms with Crippen LogP contribution in [0.3, 0.4) is 0 Å². The number of aliphatic imine (C=N–C) groups is 1. The summed E-state index contributed by atoms with van der Waals surface area (Å²) in [5, 5.41) is 11.0. The van der Waals surface area contributed by atoms with Gasteiger partial charge in [0.25, 0.3) is 0 Å². The highest BCUT2D eigenvalue weighted by atomic mass is 127. The Kier molecular flexibility index (Phi) is 9.54. The predicted molar refractivity (Wildman–Crippen MR) is 118 cm³/mol. The molecule has 0 aliphatic rings. The Balaban J connectivity index is 0.00000364. The lowest BCUT2D eigenvalue weighted by Gasteiger charge is -2.17. The van der Waals surface area contributed by atoms with Gasteiger partial charge in [-0.1, -0.05) is 0 Å². The zero-order valence-corrected chi connectivity index (χ0v) is 18.9. The Bertz CT molecular complexity index is 745. The smallest absolute Gasteiger partial charge is 0.191 e. The Morgan fingerprint density at radius 1 is 1.26 bits per heavy atom. The Hall–Kier alpha value is -1.84. The van der Waals surface area contributed by atoms with Gasteiger partial charge in [-0.3, -0.25) is 9.67 Å². The highest BCUT2D eigenvalue weighted by Crippen LogP contribution is 2.13. The fraction of sp³-hybridized carbons (Fsp3) is 0.474. The molecular weight excluding hydrogens is 460 g/mol. The van der Waals surface area contributed by atoms with Gasteiger partial charge in [-0.25, -0.2) is 4.39 Å². The van der Waals surface area contributed by atoms with Crippen molar-refractivity contribution in [3.05, 3.63) is 47.0 Å². The molecule has 0 aliphatic carbocycles. The maximum Gasteiger partial charge on any atom is 0.191 e. The molecule has 0 bridgehead atoms. The highest BCUT2D eigenvalue weighted by molar-refractivity contribution is 14.0. The van der Waals surface area contributed by atoms with E-state index in [9.17, 15) is 4.39 Å². The average Bonchev–Trinajstić information content (AvgIpc) is 2.85. The molecule has 0 spiro atoms. The molecule has 1 heterocycles. The van der Waals surface area contributed by atoms with Gasteiger partial charge in [0.2, 0.25) is 0 Å². The summed E-state index contributed by atoms with van der Waals surface area (Å²) in [7, 11) is 3.70. The number of benzene rings is 1. The molecule has 1 aromatic carbocycles. The summed E-state index contributed by atoms with van der Waals surface area (Å²) in [6.45, 7) is 7.41. The molecule has 2 aromatic rings. The van der Waals surface area contributed by atoms with Gasteiger partial charge in [-0.15, -0.1) is 24.0 Å². The van der Waals surface area contributed by atoms with E-state index in [4.69, 9.17) is 4.74 Å². The van der Waals surface area contributed by atoms with Crippen LogP contribution in [-0.2, 0) is 13.5 Å². The van der Waals surface area contributed by atoms with Crippen molar-refractivity contribution >= 4 is 29.9 Å². The molecular formula is C19H29FIN5O. The van der Waals surface area contributed by atoms with Crippen LogP contribution in [0.4, 0.5) is 4.39 Å². The lowest BCUT2D eigenvalue weighted by atomic mass is 10.1. The number of rotatable bonds is 7. The fourth-order valence-electron chi connectivity index (χ4n) is 2.73. The van der Waals surface area contributed by atoms with E-state index in [1.54, 1.807) is 19.2 Å². The molecule has 150 valence electrons. The highest BCUT2D eigenvalue weighted by Gasteiger charge is 2.10. The van der Waals surface area contributed by atoms with Gasteiger partial charge in [0, 0.05) is 26.3 Å². The largest absolute Gasteiger partial charge is 0.489 e. The number of nitrogens with zero attached hydrogens (tertiary/aromatic N) is 3. The van der Waals surface area contributed by atoms with E-state index in [1.165, 1.54) is 23.4 Å². The van der Waals surface area contributed by atoms with Gasteiger partial charge in [0.05, 0.1) is 12.2 Å². The summed E-state index contributed by atoms with van der Waals surface area (Å²) >= 11 is 0. The van der Waals surface area contributed by atoms with Crippen LogP contribution >= 0.6 is 24.0 Å². The molecule has 0 fully saturated rings. The van der Waals surface area contributed by atoms with Crippen LogP contribution in [0, 0.1) is 19.7 Å². The summed E-state index contributed by atoms with van der Waals surface area (Å²) in [5.41, 5.74) is 3.52. The van der Waals surface area contributed by atoms with E-state index in [0.717, 1.165) is 24.6 Å². The van der Waals surface area contributed by atoms with E-state index >= 15 is 0 Å². The minimum Gasteiger partial charge on any atom is -0.489 e. The fourth-order valence-corrected chi connectivity index (χ4v) is 2.73. The van der Waals surface area contributed by atoms with Crippen molar-refractivity contribution in [2.24, 2.45) is 12.0 Å². The standard InChI is InChI=1S/C19H28FN5O.HI/c1-13(26-17-8-6-16(20)7-9-17)12-23-19(21-4)22-11-10-18-14(2)24-25(5)15(18)3;/h6-9,13H,10-12H2,1-5H3,(H2,21,22,23);1H. The molecule has 2 rings (SSSR count). The van der Waals surface area contributed by atoms with E-state index in [0.29, 0.717) is 12.3 Å². The first kappa shape index (κ1) is 23.2. The number of aromatic nitrogens is 2. The van der Waals surface area contributed by atoms with Gasteiger partial charge >= 0.3 is 0 Å². The van der Waals surface area contributed by atoms with E-state index in [1.807, 2.05) is 25.6 Å². The molecule has 1 atom stereocenters. The van der Waals surface area contributed by atoms with Gasteiger partial charge in [0.1, 0.15) is 17.7 Å². The molecule has 0 amide bonds. The zero-order valence-electron chi connectivity index (χ0n) is 16.5. The second kappa shape index (κ2) is 11.1. The number of hydrogen-bond acceptors (Lipinski definition) is 3. The Labute approximate surface area is 177 Å². The van der Waals surface area contributed by atoms with Crippen LogP contribution in [0.15, 0.2) is 29.3 Å². The van der Waals surface area contributed by atoms with Crippen LogP contribution in [-0.4, -0.2) is 42.0 Å². The van der Waals surface area contributed by atoms with Crippen LogP contribution in [0.25, 0.3) is 0 Å². The number of hydrogen-bond donors (Lipinski definition) is 2. The summed E-state index contributed by atoms with van der Waals surface area (Å²) in [4.78, 5) is 4.23. The van der Waals surface area contributed by atoms with Crippen LogP contribution in [0.5, 0.6) is 5.75 Å². The maximum absolute atomic E-state index is 12.9. The molecule has 1 unspecified atom stereocenters. The third-order valence-electron chi connectivity index (χ3n) is 4.26. The van der Waals surface area contributed by atoms with Crippen molar-refractivity contribution < 1.29 is 9.13 Å². The summed E-state index contributed by atoms with van der Waals surface area (Å²) in [6, 6.07) is 6.02. The molecule has 2 N–H and O–H groups in total. The van der Waals surface area contributed by atoms with Gasteiger partial charge in [-0.05, 0) is 57.0 Å². The van der Waals surface area contributed by atoms with Crippen molar-refractivity contribution in [3.63, 3.8) is 0 Å². The molecule has 6 nitrogen and oxygen atoms in total. The van der Waals surface area contributed by atoms with Gasteiger partial charge in [-0.2, -0.15) is 5.10 Å². The molecule has 27 heavy (non-hydrogen) atoms. The van der Waals surface area contributed by atoms with Crippen molar-refractivity contribution in [2.45, 2.75) is 33.3 Å². The summed E-state index contributed by atoms with van der Waals surface area (Å²) in [5.74, 6) is 1.09. The number of halogens is 2. The monoisotopic (exact) mass is 489 g/mol. The van der Waals surface area contributed by atoms with Crippen LogP contribution < -0.4 is 15.4 Å². The van der Waals surface area contributed by atoms with Crippen molar-refractivity contribution in [1.82, 2.24) is 20.4 Å². The van der Waals surface area contributed by atoms with Crippen LogP contribution in [0.2, 0.25) is 0 Å². The molecule has 0 saturated heterocycles. The quantitative estimate of drug-likeness (QED) is 0.357. The Morgan fingerprint density at radius 2 is 1.93 bits per heavy atom. The second-order valence-corrected chi connectivity index (χ2v) is 6.29. The first-order chi connectivity index (χ1) is 12.4. The van der Waals surface area contributed by atoms with Gasteiger partial charge in [0.15, 0.2) is 5.96 Å². The first-order valence-corrected chi connectivity index (χ1v) is 8.76. The second-order valence-electron chi connectivity index (χ2n) is 6.29. The lowest BCUT2D eigenvalue weighted by molar-refractivity contribution is 0.223. The van der Waals surface area contributed by atoms with E-state index in [-0.39, 0.29) is 35.9 Å². The first-order valence-electron chi connectivity index (χ1n) is 8.76. The van der Waals surface area contributed by atoms with Crippen molar-refractivity contribution in [1.29, 1.82) is 0 Å². The average molecular weight is 489 g/mol. The normalized spacial score (nSPS) is 12.3. The SMILES string of the molecule is CN=C(NCCc1c(C)nn(C)c1C)NCC(C)Oc1ccc(F)cc1.I. The number of aryl methyl sites for hydroxylation is 2. The number of guanidine groups is 1. The summed E-state index contributed by atoms with van der Waals surface area (Å²) in [6.07, 6.45) is 0.801. The third-order valence-corrected chi connectivity index (χ3v) is 4.26. The minimum absolute atomic E-state index is 0. The van der Waals surface area contributed by atoms with Crippen LogP contribution in [0.1, 0.15) is 23.9 Å². The lowest BCUT2D eigenvalue weighted by Crippen LogP contribution is -2.42. The Morgan fingerprint density at radius 3 is 2.48 bits per heavy atom. The van der Waals surface area contributed by atoms with Crippen molar-refractivity contribution in [3.8, 4) is 5.75 Å². The molecule has 8 heteroatoms. The number of nitrogens with one attached hydrogen (secondary N) is 2. The summed E-state index contributed by atoms with van der Waals surface area (Å²) < 4.78 is 20.6. The maximum atomic E-state index is 12.9. The zero-order chi connectivity index (χ0) is 19.1. The molecule has 0 radical (unpaired) electrons. The third kappa shape index (κ3) is 7.00. The van der Waals surface area contributed by atoms with Gasteiger partial charge < -0.3 is 15.4 Å². The minimum atomic E-state index is -0.271. The molecule has 0 saturated carbocycles. The predicted octanol–water partition coefficient (Wildman–Crippen LogP) is 2.97. The molecule has 0 aliphatic heterocycles. The molecule has 1 aromatic heterocycles. The number of ether oxygens (including phenoxy) is 1. The topological polar surface area (TPSA) is 63.5 Å². The van der Waals surface area contributed by atoms with Crippen molar-refractivity contribution in [2.75, 3.05) is 20.1 Å². The van der Waals surface area contributed by atoms with E-state index < -0.39 is 0 Å².